The van der Waals surface area contributed by atoms with E-state index in [0.717, 1.165) is 24.2 Å². The lowest BCUT2D eigenvalue weighted by atomic mass is 10.1. The first kappa shape index (κ1) is 16.4. The minimum atomic E-state index is -0.299. The Morgan fingerprint density at radius 3 is 2.54 bits per heavy atom. The van der Waals surface area contributed by atoms with Crippen LogP contribution in [0.4, 0.5) is 0 Å². The van der Waals surface area contributed by atoms with E-state index in [-0.39, 0.29) is 11.3 Å². The van der Waals surface area contributed by atoms with Crippen molar-refractivity contribution < 1.29 is 19.0 Å². The number of rotatable bonds is 4. The molecule has 0 bridgehead atoms. The van der Waals surface area contributed by atoms with Crippen molar-refractivity contribution in [1.29, 1.82) is 0 Å². The van der Waals surface area contributed by atoms with Crippen LogP contribution in [0.1, 0.15) is 28.8 Å². The molecule has 1 saturated carbocycles. The zero-order chi connectivity index (χ0) is 18.0. The smallest absolute Gasteiger partial charge is 0.271 e. The molecule has 4 rings (SSSR count). The number of carbonyl (C=O) groups excluding carboxylic acids is 1. The fraction of sp³-hybridized carbons (Fsp3) is 0.300. The molecule has 1 N–H and O–H groups in total. The van der Waals surface area contributed by atoms with Gasteiger partial charge in [-0.05, 0) is 60.9 Å². The molecule has 1 aliphatic carbocycles. The highest BCUT2D eigenvalue weighted by molar-refractivity contribution is 5.95. The summed E-state index contributed by atoms with van der Waals surface area (Å²) in [5, 5.41) is 4.00. The molecule has 6 nitrogen and oxygen atoms in total. The molecule has 2 aliphatic rings. The second-order valence-corrected chi connectivity index (χ2v) is 6.71. The molecular weight excluding hydrogens is 332 g/mol. The molecule has 2 aromatic carbocycles. The third kappa shape index (κ3) is 3.49. The Kier molecular flexibility index (Phi) is 4.24. The van der Waals surface area contributed by atoms with Gasteiger partial charge in [0, 0.05) is 11.0 Å². The fourth-order valence-electron chi connectivity index (χ4n) is 2.77. The number of amides is 1. The maximum atomic E-state index is 12.3. The topological polar surface area (TPSA) is 69.2 Å². The van der Waals surface area contributed by atoms with E-state index in [2.05, 4.69) is 10.5 Å². The Hall–Kier alpha value is -3.02. The standard InChI is InChI=1S/C20H20N2O4/c1-24-16-5-2-14(3-6-16)11-21-22-19(23)15-4-7-17-18(10-15)26-13-20(8-9-20)12-25-17/h2-7,10-11H,8-9,12-13H2,1H3,(H,22,23)/b21-11+. The van der Waals surface area contributed by atoms with Crippen LogP contribution in [-0.2, 0) is 0 Å². The lowest BCUT2D eigenvalue weighted by molar-refractivity contribution is 0.0954. The number of methoxy groups -OCH3 is 1. The number of hydrazone groups is 1. The molecule has 0 radical (unpaired) electrons. The predicted octanol–water partition coefficient (Wildman–Crippen LogP) is 3.01. The first-order valence-corrected chi connectivity index (χ1v) is 8.55. The van der Waals surface area contributed by atoms with Gasteiger partial charge in [0.25, 0.3) is 5.91 Å². The van der Waals surface area contributed by atoms with Gasteiger partial charge in [-0.15, -0.1) is 0 Å². The highest BCUT2D eigenvalue weighted by Gasteiger charge is 2.46. The molecule has 26 heavy (non-hydrogen) atoms. The maximum absolute atomic E-state index is 12.3. The number of hydrogen-bond acceptors (Lipinski definition) is 5. The van der Waals surface area contributed by atoms with Crippen molar-refractivity contribution in [2.24, 2.45) is 10.5 Å². The van der Waals surface area contributed by atoms with Crippen LogP contribution in [0.2, 0.25) is 0 Å². The first-order valence-electron chi connectivity index (χ1n) is 8.55. The second-order valence-electron chi connectivity index (χ2n) is 6.71. The van der Waals surface area contributed by atoms with Crippen LogP contribution in [0.25, 0.3) is 0 Å². The first-order chi connectivity index (χ1) is 12.7. The molecule has 1 spiro atoms. The van der Waals surface area contributed by atoms with E-state index in [9.17, 15) is 4.79 Å². The third-order valence-electron chi connectivity index (χ3n) is 4.73. The molecule has 0 aromatic heterocycles. The van der Waals surface area contributed by atoms with Crippen molar-refractivity contribution >= 4 is 12.1 Å². The van der Waals surface area contributed by atoms with Crippen LogP contribution in [-0.4, -0.2) is 32.4 Å². The van der Waals surface area contributed by atoms with Gasteiger partial charge in [-0.2, -0.15) is 5.10 Å². The van der Waals surface area contributed by atoms with Crippen molar-refractivity contribution in [3.63, 3.8) is 0 Å². The van der Waals surface area contributed by atoms with E-state index in [1.54, 1.807) is 31.5 Å². The van der Waals surface area contributed by atoms with Crippen molar-refractivity contribution in [1.82, 2.24) is 5.43 Å². The minimum Gasteiger partial charge on any atom is -0.497 e. The number of nitrogens with one attached hydrogen (secondary N) is 1. The monoisotopic (exact) mass is 352 g/mol. The number of fused-ring (bicyclic) bond motifs is 1. The number of nitrogens with zero attached hydrogens (tertiary/aromatic N) is 1. The van der Waals surface area contributed by atoms with Gasteiger partial charge >= 0.3 is 0 Å². The Balaban J connectivity index is 1.40. The van der Waals surface area contributed by atoms with Gasteiger partial charge in [0.2, 0.25) is 0 Å². The third-order valence-corrected chi connectivity index (χ3v) is 4.73. The minimum absolute atomic E-state index is 0.171. The number of ether oxygens (including phenoxy) is 3. The fourth-order valence-corrected chi connectivity index (χ4v) is 2.77. The van der Waals surface area contributed by atoms with Gasteiger partial charge in [-0.1, -0.05) is 0 Å². The molecule has 0 saturated heterocycles. The van der Waals surface area contributed by atoms with Crippen molar-refractivity contribution in [2.45, 2.75) is 12.8 Å². The van der Waals surface area contributed by atoms with E-state index in [0.29, 0.717) is 30.3 Å². The summed E-state index contributed by atoms with van der Waals surface area (Å²) >= 11 is 0. The summed E-state index contributed by atoms with van der Waals surface area (Å²) in [7, 11) is 1.61. The Bertz CT molecular complexity index is 841. The molecular formula is C20H20N2O4. The molecule has 6 heteroatoms. The van der Waals surface area contributed by atoms with Crippen LogP contribution in [0.3, 0.4) is 0 Å². The summed E-state index contributed by atoms with van der Waals surface area (Å²) in [6, 6.07) is 12.6. The Morgan fingerprint density at radius 2 is 1.85 bits per heavy atom. The van der Waals surface area contributed by atoms with E-state index in [1.165, 1.54) is 0 Å². The van der Waals surface area contributed by atoms with E-state index < -0.39 is 0 Å². The van der Waals surface area contributed by atoms with Gasteiger partial charge in [0.1, 0.15) is 5.75 Å². The summed E-state index contributed by atoms with van der Waals surface area (Å²) in [5.74, 6) is 1.77. The highest BCUT2D eigenvalue weighted by Crippen LogP contribution is 2.49. The molecule has 1 amide bonds. The van der Waals surface area contributed by atoms with Gasteiger partial charge in [-0.3, -0.25) is 4.79 Å². The molecule has 1 heterocycles. The lowest BCUT2D eigenvalue weighted by Gasteiger charge is -2.09. The second kappa shape index (κ2) is 6.71. The number of carbonyl (C=O) groups is 1. The molecule has 2 aromatic rings. The molecule has 1 aliphatic heterocycles. The highest BCUT2D eigenvalue weighted by atomic mass is 16.5. The lowest BCUT2D eigenvalue weighted by Crippen LogP contribution is -2.18. The van der Waals surface area contributed by atoms with Gasteiger partial charge in [0.15, 0.2) is 11.5 Å². The summed E-state index contributed by atoms with van der Waals surface area (Å²) in [5.41, 5.74) is 4.04. The molecule has 134 valence electrons. The van der Waals surface area contributed by atoms with E-state index in [4.69, 9.17) is 14.2 Å². The summed E-state index contributed by atoms with van der Waals surface area (Å²) in [6.07, 6.45) is 3.85. The van der Waals surface area contributed by atoms with Crippen molar-refractivity contribution in [2.75, 3.05) is 20.3 Å². The molecule has 0 unspecified atom stereocenters. The molecule has 1 fully saturated rings. The Labute approximate surface area is 151 Å². The zero-order valence-corrected chi connectivity index (χ0v) is 14.5. The summed E-state index contributed by atoms with van der Waals surface area (Å²) in [6.45, 7) is 1.32. The summed E-state index contributed by atoms with van der Waals surface area (Å²) < 4.78 is 16.8. The van der Waals surface area contributed by atoms with Gasteiger partial charge < -0.3 is 14.2 Å². The van der Waals surface area contributed by atoms with Crippen molar-refractivity contribution in [3.8, 4) is 17.2 Å². The maximum Gasteiger partial charge on any atom is 0.271 e. The van der Waals surface area contributed by atoms with Crippen LogP contribution in [0, 0.1) is 5.41 Å². The van der Waals surface area contributed by atoms with Crippen LogP contribution in [0.5, 0.6) is 17.2 Å². The zero-order valence-electron chi connectivity index (χ0n) is 14.5. The van der Waals surface area contributed by atoms with E-state index in [1.807, 2.05) is 24.3 Å². The van der Waals surface area contributed by atoms with Crippen LogP contribution < -0.4 is 19.6 Å². The predicted molar refractivity (Wildman–Crippen MR) is 97.2 cm³/mol. The number of hydrogen-bond donors (Lipinski definition) is 1. The summed E-state index contributed by atoms with van der Waals surface area (Å²) in [4.78, 5) is 12.3. The van der Waals surface area contributed by atoms with Gasteiger partial charge in [0.05, 0.1) is 26.5 Å². The average Bonchev–Trinajstić information content (AvgIpc) is 3.48. The van der Waals surface area contributed by atoms with Crippen molar-refractivity contribution in [3.05, 3.63) is 53.6 Å². The van der Waals surface area contributed by atoms with Crippen LogP contribution >= 0.6 is 0 Å². The van der Waals surface area contributed by atoms with Crippen LogP contribution in [0.15, 0.2) is 47.6 Å². The normalized spacial score (nSPS) is 17.0. The molecule has 0 atom stereocenters. The quantitative estimate of drug-likeness (QED) is 0.678. The SMILES string of the molecule is COc1ccc(/C=N/NC(=O)c2ccc3c(c2)OCC2(CC2)CO3)cc1. The largest absolute Gasteiger partial charge is 0.497 e. The average molecular weight is 352 g/mol. The Morgan fingerprint density at radius 1 is 1.12 bits per heavy atom. The van der Waals surface area contributed by atoms with Gasteiger partial charge in [-0.25, -0.2) is 5.43 Å². The van der Waals surface area contributed by atoms with E-state index >= 15 is 0 Å². The number of benzene rings is 2.